The summed E-state index contributed by atoms with van der Waals surface area (Å²) < 4.78 is 6.06. The minimum Gasteiger partial charge on any atom is -0.480 e. The smallest absolute Gasteiger partial charge is 0.326 e. The second kappa shape index (κ2) is 5.85. The van der Waals surface area contributed by atoms with E-state index >= 15 is 0 Å². The van der Waals surface area contributed by atoms with Gasteiger partial charge in [0.15, 0.2) is 8.32 Å². The molecule has 0 aromatic heterocycles. The Hall–Kier alpha value is -0.883. The molecule has 1 saturated heterocycles. The summed E-state index contributed by atoms with van der Waals surface area (Å²) in [5.41, 5.74) is 0. The summed E-state index contributed by atoms with van der Waals surface area (Å²) in [5.74, 6) is -1.12. The van der Waals surface area contributed by atoms with E-state index in [0.29, 0.717) is 13.0 Å². The van der Waals surface area contributed by atoms with E-state index in [9.17, 15) is 9.59 Å². The van der Waals surface area contributed by atoms with Crippen molar-refractivity contribution < 1.29 is 19.1 Å². The zero-order chi connectivity index (χ0) is 15.7. The largest absolute Gasteiger partial charge is 0.480 e. The van der Waals surface area contributed by atoms with Gasteiger partial charge >= 0.3 is 5.97 Å². The molecule has 1 amide bonds. The van der Waals surface area contributed by atoms with Gasteiger partial charge in [0, 0.05) is 6.54 Å². The van der Waals surface area contributed by atoms with Crippen molar-refractivity contribution in [2.24, 2.45) is 0 Å². The Balaban J connectivity index is 2.75. The fraction of sp³-hybridized carbons (Fsp3) is 0.857. The number of nitrogens with zero attached hydrogens (tertiary/aromatic N) is 1. The molecule has 116 valence electrons. The summed E-state index contributed by atoms with van der Waals surface area (Å²) in [7, 11) is -2.03. The SMILES string of the molecule is C[C@H](O[Si](C)(C)C(C)(C)C)C(=O)N1CCC[C@H]1C(=O)O. The van der Waals surface area contributed by atoms with Gasteiger partial charge in [0.05, 0.1) is 0 Å². The van der Waals surface area contributed by atoms with Gasteiger partial charge in [-0.3, -0.25) is 4.79 Å². The Bertz CT molecular complexity index is 389. The Labute approximate surface area is 122 Å². The van der Waals surface area contributed by atoms with Gasteiger partial charge in [-0.25, -0.2) is 4.79 Å². The van der Waals surface area contributed by atoms with Gasteiger partial charge in [-0.2, -0.15) is 0 Å². The lowest BCUT2D eigenvalue weighted by Crippen LogP contribution is -2.50. The molecule has 1 N–H and O–H groups in total. The number of carboxylic acid groups (broad SMARTS) is 1. The maximum atomic E-state index is 12.4. The molecule has 1 rings (SSSR count). The van der Waals surface area contributed by atoms with E-state index in [4.69, 9.17) is 9.53 Å². The van der Waals surface area contributed by atoms with Crippen LogP contribution in [-0.4, -0.2) is 48.9 Å². The predicted molar refractivity (Wildman–Crippen MR) is 80.1 cm³/mol. The van der Waals surface area contributed by atoms with Gasteiger partial charge in [0.2, 0.25) is 0 Å². The van der Waals surface area contributed by atoms with Crippen LogP contribution in [0, 0.1) is 0 Å². The lowest BCUT2D eigenvalue weighted by atomic mass is 10.2. The molecule has 20 heavy (non-hydrogen) atoms. The van der Waals surface area contributed by atoms with Crippen molar-refractivity contribution in [1.29, 1.82) is 0 Å². The molecule has 0 saturated carbocycles. The molecule has 0 unspecified atom stereocenters. The number of carboxylic acids is 1. The molecule has 1 heterocycles. The van der Waals surface area contributed by atoms with E-state index in [1.807, 2.05) is 0 Å². The minimum absolute atomic E-state index is 0.0265. The number of likely N-dealkylation sites (tertiary alicyclic amines) is 1. The number of amides is 1. The molecular weight excluding hydrogens is 274 g/mol. The van der Waals surface area contributed by atoms with E-state index in [-0.39, 0.29) is 10.9 Å². The van der Waals surface area contributed by atoms with Crippen LogP contribution in [0.25, 0.3) is 0 Å². The first kappa shape index (κ1) is 17.2. The van der Waals surface area contributed by atoms with Crippen LogP contribution in [0.1, 0.15) is 40.5 Å². The molecule has 0 aliphatic carbocycles. The van der Waals surface area contributed by atoms with Crippen molar-refractivity contribution in [3.8, 4) is 0 Å². The standard InChI is InChI=1S/C14H27NO4Si/c1-10(19-20(5,6)14(2,3)4)12(16)15-9-7-8-11(15)13(17)18/h10-11H,7-9H2,1-6H3,(H,17,18)/t10-,11-/m0/s1. The van der Waals surface area contributed by atoms with E-state index in [1.165, 1.54) is 4.90 Å². The van der Waals surface area contributed by atoms with Crippen molar-refractivity contribution in [3.63, 3.8) is 0 Å². The van der Waals surface area contributed by atoms with Crippen LogP contribution in [0.2, 0.25) is 18.1 Å². The van der Waals surface area contributed by atoms with Gasteiger partial charge in [0.1, 0.15) is 12.1 Å². The topological polar surface area (TPSA) is 66.8 Å². The van der Waals surface area contributed by atoms with Crippen LogP contribution in [0.5, 0.6) is 0 Å². The van der Waals surface area contributed by atoms with Crippen molar-refractivity contribution in [2.75, 3.05) is 6.54 Å². The zero-order valence-electron chi connectivity index (χ0n) is 13.4. The molecule has 0 aromatic carbocycles. The van der Waals surface area contributed by atoms with Gasteiger partial charge in [-0.15, -0.1) is 0 Å². The van der Waals surface area contributed by atoms with Gasteiger partial charge in [0.25, 0.3) is 5.91 Å². The van der Waals surface area contributed by atoms with E-state index in [2.05, 4.69) is 33.9 Å². The highest BCUT2D eigenvalue weighted by atomic mass is 28.4. The summed E-state index contributed by atoms with van der Waals surface area (Å²) in [6.45, 7) is 12.8. The number of hydrogen-bond donors (Lipinski definition) is 1. The van der Waals surface area contributed by atoms with Crippen molar-refractivity contribution in [2.45, 2.75) is 70.8 Å². The van der Waals surface area contributed by atoms with Gasteiger partial charge in [-0.1, -0.05) is 20.8 Å². The molecule has 1 aliphatic rings. The van der Waals surface area contributed by atoms with E-state index in [1.54, 1.807) is 6.92 Å². The molecule has 0 spiro atoms. The van der Waals surface area contributed by atoms with Gasteiger partial charge < -0.3 is 14.4 Å². The molecule has 0 bridgehead atoms. The van der Waals surface area contributed by atoms with Crippen LogP contribution in [0.4, 0.5) is 0 Å². The predicted octanol–water partition coefficient (Wildman–Crippen LogP) is 2.47. The van der Waals surface area contributed by atoms with Crippen LogP contribution >= 0.6 is 0 Å². The summed E-state index contributed by atoms with van der Waals surface area (Å²) in [6, 6.07) is -0.687. The molecule has 2 atom stereocenters. The third-order valence-electron chi connectivity index (χ3n) is 4.45. The van der Waals surface area contributed by atoms with Crippen molar-refractivity contribution in [3.05, 3.63) is 0 Å². The quantitative estimate of drug-likeness (QED) is 0.810. The minimum atomic E-state index is -2.03. The van der Waals surface area contributed by atoms with Crippen LogP contribution in [0.15, 0.2) is 0 Å². The van der Waals surface area contributed by atoms with Crippen molar-refractivity contribution >= 4 is 20.2 Å². The average molecular weight is 301 g/mol. The molecule has 0 aromatic rings. The van der Waals surface area contributed by atoms with Crippen LogP contribution in [0.3, 0.4) is 0 Å². The Morgan fingerprint density at radius 1 is 1.35 bits per heavy atom. The third kappa shape index (κ3) is 3.61. The average Bonchev–Trinajstić information content (AvgIpc) is 2.74. The lowest BCUT2D eigenvalue weighted by molar-refractivity contribution is -0.151. The number of carbonyl (C=O) groups is 2. The number of carbonyl (C=O) groups excluding carboxylic acids is 1. The molecule has 1 aliphatic heterocycles. The molecule has 0 radical (unpaired) electrons. The first-order chi connectivity index (χ1) is 8.97. The molecule has 6 heteroatoms. The van der Waals surface area contributed by atoms with E-state index in [0.717, 1.165) is 6.42 Å². The maximum absolute atomic E-state index is 12.4. The van der Waals surface area contributed by atoms with E-state index < -0.39 is 26.4 Å². The number of hydrogen-bond acceptors (Lipinski definition) is 3. The summed E-state index contributed by atoms with van der Waals surface area (Å²) in [5, 5.41) is 9.18. The normalized spacial score (nSPS) is 21.9. The molecule has 1 fully saturated rings. The molecular formula is C14H27NO4Si. The highest BCUT2D eigenvalue weighted by Crippen LogP contribution is 2.37. The second-order valence-electron chi connectivity index (χ2n) is 7.05. The highest BCUT2D eigenvalue weighted by Gasteiger charge is 2.42. The summed E-state index contributed by atoms with van der Waals surface area (Å²) in [6.07, 6.45) is 0.708. The number of rotatable bonds is 4. The second-order valence-corrected chi connectivity index (χ2v) is 11.8. The first-order valence-electron chi connectivity index (χ1n) is 7.18. The fourth-order valence-corrected chi connectivity index (χ4v) is 3.53. The zero-order valence-corrected chi connectivity index (χ0v) is 14.4. The Morgan fingerprint density at radius 2 is 1.90 bits per heavy atom. The first-order valence-corrected chi connectivity index (χ1v) is 10.1. The lowest BCUT2D eigenvalue weighted by Gasteiger charge is -2.39. The van der Waals surface area contributed by atoms with Crippen molar-refractivity contribution in [1.82, 2.24) is 4.90 Å². The van der Waals surface area contributed by atoms with Crippen LogP contribution < -0.4 is 0 Å². The van der Waals surface area contributed by atoms with Gasteiger partial charge in [-0.05, 0) is 37.9 Å². The molecule has 5 nitrogen and oxygen atoms in total. The fourth-order valence-electron chi connectivity index (χ4n) is 2.19. The third-order valence-corrected chi connectivity index (χ3v) is 9.00. The number of aliphatic carboxylic acids is 1. The highest BCUT2D eigenvalue weighted by molar-refractivity contribution is 6.74. The Morgan fingerprint density at radius 3 is 2.35 bits per heavy atom. The van der Waals surface area contributed by atoms with Crippen LogP contribution in [-0.2, 0) is 14.0 Å². The summed E-state index contributed by atoms with van der Waals surface area (Å²) >= 11 is 0. The maximum Gasteiger partial charge on any atom is 0.326 e. The Kier molecular flexibility index (Phi) is 5.02. The monoisotopic (exact) mass is 301 g/mol. The summed E-state index contributed by atoms with van der Waals surface area (Å²) in [4.78, 5) is 25.0.